The van der Waals surface area contributed by atoms with Crippen LogP contribution in [0.2, 0.25) is 0 Å². The van der Waals surface area contributed by atoms with Gasteiger partial charge in [-0.25, -0.2) is 0 Å². The Bertz CT molecular complexity index is 344. The van der Waals surface area contributed by atoms with Crippen molar-refractivity contribution < 1.29 is 9.47 Å². The summed E-state index contributed by atoms with van der Waals surface area (Å²) in [5, 5.41) is 3.21. The molecule has 0 amide bonds. The quantitative estimate of drug-likeness (QED) is 0.785. The van der Waals surface area contributed by atoms with E-state index in [4.69, 9.17) is 9.47 Å². The van der Waals surface area contributed by atoms with E-state index in [-0.39, 0.29) is 0 Å². The second-order valence-corrected chi connectivity index (χ2v) is 4.59. The topological polar surface area (TPSA) is 30.5 Å². The van der Waals surface area contributed by atoms with Crippen LogP contribution in [-0.4, -0.2) is 26.9 Å². The smallest absolute Gasteiger partial charge is 0.120 e. The SMILES string of the molecule is CCOCCOc1ccc(C(C)NC)c(Br)c1. The standard InChI is InChI=1S/C13H20BrNO2/c1-4-16-7-8-17-11-5-6-12(10(2)15-3)13(14)9-11/h5-6,9-10,15H,4,7-8H2,1-3H3. The van der Waals surface area contributed by atoms with Gasteiger partial charge in [-0.15, -0.1) is 0 Å². The minimum Gasteiger partial charge on any atom is -0.491 e. The molecule has 0 aliphatic carbocycles. The third kappa shape index (κ3) is 4.66. The molecule has 0 fully saturated rings. The molecule has 1 rings (SSSR count). The Kier molecular flexibility index (Phi) is 6.55. The number of nitrogens with one attached hydrogen (secondary N) is 1. The third-order valence-electron chi connectivity index (χ3n) is 2.57. The van der Waals surface area contributed by atoms with Gasteiger partial charge in [0.2, 0.25) is 0 Å². The van der Waals surface area contributed by atoms with E-state index in [1.165, 1.54) is 5.56 Å². The lowest BCUT2D eigenvalue weighted by molar-refractivity contribution is 0.110. The van der Waals surface area contributed by atoms with Gasteiger partial charge in [-0.2, -0.15) is 0 Å². The largest absolute Gasteiger partial charge is 0.491 e. The molecule has 1 aromatic rings. The summed E-state index contributed by atoms with van der Waals surface area (Å²) in [6, 6.07) is 6.37. The van der Waals surface area contributed by atoms with Crippen LogP contribution in [0.4, 0.5) is 0 Å². The molecule has 1 aromatic carbocycles. The maximum absolute atomic E-state index is 5.58. The molecule has 0 bridgehead atoms. The zero-order chi connectivity index (χ0) is 12.7. The van der Waals surface area contributed by atoms with Crippen LogP contribution in [0.15, 0.2) is 22.7 Å². The van der Waals surface area contributed by atoms with E-state index in [1.807, 2.05) is 26.1 Å². The van der Waals surface area contributed by atoms with E-state index in [9.17, 15) is 0 Å². The first-order valence-corrected chi connectivity index (χ1v) is 6.65. The molecule has 0 aliphatic rings. The van der Waals surface area contributed by atoms with Crippen molar-refractivity contribution >= 4 is 15.9 Å². The second kappa shape index (κ2) is 7.69. The fraction of sp³-hybridized carbons (Fsp3) is 0.538. The molecule has 0 aromatic heterocycles. The molecule has 0 saturated heterocycles. The van der Waals surface area contributed by atoms with Crippen LogP contribution in [0.1, 0.15) is 25.5 Å². The molecule has 0 radical (unpaired) electrons. The average molecular weight is 302 g/mol. The Hall–Kier alpha value is -0.580. The molecular weight excluding hydrogens is 282 g/mol. The highest BCUT2D eigenvalue weighted by Gasteiger charge is 2.08. The van der Waals surface area contributed by atoms with Crippen LogP contribution < -0.4 is 10.1 Å². The molecule has 1 N–H and O–H groups in total. The van der Waals surface area contributed by atoms with Crippen LogP contribution in [0.25, 0.3) is 0 Å². The molecule has 1 atom stereocenters. The summed E-state index contributed by atoms with van der Waals surface area (Å²) in [7, 11) is 1.95. The second-order valence-electron chi connectivity index (χ2n) is 3.74. The van der Waals surface area contributed by atoms with Crippen molar-refractivity contribution in [2.45, 2.75) is 19.9 Å². The van der Waals surface area contributed by atoms with E-state index in [1.54, 1.807) is 0 Å². The number of halogens is 1. The number of benzene rings is 1. The summed E-state index contributed by atoms with van der Waals surface area (Å²) in [4.78, 5) is 0. The highest BCUT2D eigenvalue weighted by Crippen LogP contribution is 2.27. The van der Waals surface area contributed by atoms with Crippen LogP contribution in [0, 0.1) is 0 Å². The van der Waals surface area contributed by atoms with Crippen LogP contribution in [0.3, 0.4) is 0 Å². The van der Waals surface area contributed by atoms with E-state index in [0.29, 0.717) is 19.3 Å². The lowest BCUT2D eigenvalue weighted by atomic mass is 10.1. The average Bonchev–Trinajstić information content (AvgIpc) is 2.34. The van der Waals surface area contributed by atoms with Crippen molar-refractivity contribution in [3.05, 3.63) is 28.2 Å². The first-order valence-electron chi connectivity index (χ1n) is 5.86. The molecule has 3 nitrogen and oxygen atoms in total. The Morgan fingerprint density at radius 3 is 2.71 bits per heavy atom. The fourth-order valence-corrected chi connectivity index (χ4v) is 2.17. The molecule has 0 heterocycles. The van der Waals surface area contributed by atoms with Crippen molar-refractivity contribution in [1.82, 2.24) is 5.32 Å². The number of hydrogen-bond donors (Lipinski definition) is 1. The van der Waals surface area contributed by atoms with Crippen molar-refractivity contribution in [1.29, 1.82) is 0 Å². The van der Waals surface area contributed by atoms with Crippen molar-refractivity contribution in [2.24, 2.45) is 0 Å². The monoisotopic (exact) mass is 301 g/mol. The van der Waals surface area contributed by atoms with Gasteiger partial charge in [0.25, 0.3) is 0 Å². The summed E-state index contributed by atoms with van der Waals surface area (Å²) in [6.07, 6.45) is 0. The molecule has 96 valence electrons. The molecule has 17 heavy (non-hydrogen) atoms. The Balaban J connectivity index is 2.56. The highest BCUT2D eigenvalue weighted by molar-refractivity contribution is 9.10. The normalized spacial score (nSPS) is 12.5. The number of hydrogen-bond acceptors (Lipinski definition) is 3. The molecule has 0 saturated carbocycles. The molecule has 0 spiro atoms. The molecule has 1 unspecified atom stereocenters. The zero-order valence-corrected chi connectivity index (χ0v) is 12.2. The van der Waals surface area contributed by atoms with Gasteiger partial charge in [0.15, 0.2) is 0 Å². The Morgan fingerprint density at radius 1 is 1.35 bits per heavy atom. The van der Waals surface area contributed by atoms with Gasteiger partial charge in [-0.1, -0.05) is 22.0 Å². The van der Waals surface area contributed by atoms with E-state index < -0.39 is 0 Å². The van der Waals surface area contributed by atoms with Gasteiger partial charge in [-0.05, 0) is 38.6 Å². The maximum atomic E-state index is 5.58. The fourth-order valence-electron chi connectivity index (χ4n) is 1.47. The summed E-state index contributed by atoms with van der Waals surface area (Å²) >= 11 is 3.56. The Morgan fingerprint density at radius 2 is 2.12 bits per heavy atom. The maximum Gasteiger partial charge on any atom is 0.120 e. The zero-order valence-electron chi connectivity index (χ0n) is 10.6. The minimum absolute atomic E-state index is 0.321. The Labute approximate surface area is 112 Å². The van der Waals surface area contributed by atoms with Crippen LogP contribution in [-0.2, 0) is 4.74 Å². The van der Waals surface area contributed by atoms with Gasteiger partial charge in [0, 0.05) is 17.1 Å². The van der Waals surface area contributed by atoms with E-state index >= 15 is 0 Å². The first kappa shape index (κ1) is 14.5. The van der Waals surface area contributed by atoms with Gasteiger partial charge in [0.05, 0.1) is 6.61 Å². The summed E-state index contributed by atoms with van der Waals surface area (Å²) in [5.74, 6) is 0.864. The van der Waals surface area contributed by atoms with Crippen molar-refractivity contribution in [3.8, 4) is 5.75 Å². The van der Waals surface area contributed by atoms with Crippen LogP contribution in [0.5, 0.6) is 5.75 Å². The number of rotatable bonds is 7. The van der Waals surface area contributed by atoms with E-state index in [2.05, 4.69) is 34.2 Å². The predicted octanol–water partition coefficient (Wildman–Crippen LogP) is 3.14. The molecular formula is C13H20BrNO2. The summed E-state index contributed by atoms with van der Waals surface area (Å²) < 4.78 is 11.9. The molecule has 0 aliphatic heterocycles. The van der Waals surface area contributed by atoms with Gasteiger partial charge < -0.3 is 14.8 Å². The number of ether oxygens (including phenoxy) is 2. The predicted molar refractivity (Wildman–Crippen MR) is 73.6 cm³/mol. The third-order valence-corrected chi connectivity index (χ3v) is 3.26. The lowest BCUT2D eigenvalue weighted by Crippen LogP contribution is -2.13. The van der Waals surface area contributed by atoms with Gasteiger partial charge in [0.1, 0.15) is 12.4 Å². The molecule has 4 heteroatoms. The van der Waals surface area contributed by atoms with Crippen LogP contribution >= 0.6 is 15.9 Å². The first-order chi connectivity index (χ1) is 8.19. The van der Waals surface area contributed by atoms with Gasteiger partial charge >= 0.3 is 0 Å². The minimum atomic E-state index is 0.321. The highest BCUT2D eigenvalue weighted by atomic mass is 79.9. The summed E-state index contributed by atoms with van der Waals surface area (Å²) in [5.41, 5.74) is 1.23. The van der Waals surface area contributed by atoms with E-state index in [0.717, 1.165) is 16.8 Å². The van der Waals surface area contributed by atoms with Crippen molar-refractivity contribution in [2.75, 3.05) is 26.9 Å². The summed E-state index contributed by atoms with van der Waals surface area (Å²) in [6.45, 7) is 6.04. The van der Waals surface area contributed by atoms with Gasteiger partial charge in [-0.3, -0.25) is 0 Å². The lowest BCUT2D eigenvalue weighted by Gasteiger charge is -2.14. The van der Waals surface area contributed by atoms with Crippen molar-refractivity contribution in [3.63, 3.8) is 0 Å².